The summed E-state index contributed by atoms with van der Waals surface area (Å²) in [6.07, 6.45) is 5.52. The van der Waals surface area contributed by atoms with Crippen LogP contribution >= 0.6 is 0 Å². The van der Waals surface area contributed by atoms with Gasteiger partial charge in [-0.15, -0.1) is 0 Å². The van der Waals surface area contributed by atoms with Crippen LogP contribution in [0.3, 0.4) is 0 Å². The van der Waals surface area contributed by atoms with Gasteiger partial charge in [-0.2, -0.15) is 0 Å². The molecule has 0 aromatic rings. The van der Waals surface area contributed by atoms with Gasteiger partial charge >= 0.3 is 0 Å². The van der Waals surface area contributed by atoms with Crippen molar-refractivity contribution in [3.63, 3.8) is 0 Å². The van der Waals surface area contributed by atoms with Crippen LogP contribution in [0, 0.1) is 35.0 Å². The van der Waals surface area contributed by atoms with Crippen LogP contribution in [0.4, 0.5) is 8.78 Å². The van der Waals surface area contributed by atoms with Crippen molar-refractivity contribution in [1.82, 2.24) is 0 Å². The first-order valence-corrected chi connectivity index (χ1v) is 23.8. The fourth-order valence-corrected chi connectivity index (χ4v) is 9.20. The van der Waals surface area contributed by atoms with Crippen molar-refractivity contribution in [2.24, 2.45) is 23.2 Å². The van der Waals surface area contributed by atoms with Gasteiger partial charge in [-0.05, 0) is 67.0 Å². The summed E-state index contributed by atoms with van der Waals surface area (Å²) in [6, 6.07) is 0. The molecule has 0 aromatic carbocycles. The zero-order valence-corrected chi connectivity index (χ0v) is 33.4. The molecule has 2 saturated carbocycles. The van der Waals surface area contributed by atoms with E-state index in [0.717, 1.165) is 25.7 Å². The molecular formula is C37H64F2O6Si2. The molecular weight excluding hydrogens is 635 g/mol. The molecule has 0 radical (unpaired) electrons. The highest BCUT2D eigenvalue weighted by Gasteiger charge is 2.62. The third-order valence-electron chi connectivity index (χ3n) is 11.8. The van der Waals surface area contributed by atoms with Crippen molar-refractivity contribution >= 4 is 16.6 Å². The van der Waals surface area contributed by atoms with Crippen molar-refractivity contribution in [1.29, 1.82) is 0 Å². The highest BCUT2D eigenvalue weighted by atomic mass is 28.4. The Morgan fingerprint density at radius 3 is 2.11 bits per heavy atom. The first-order chi connectivity index (χ1) is 21.5. The normalized spacial score (nSPS) is 33.9. The number of rotatable bonds is 12. The number of unbranched alkanes of at least 4 members (excludes halogenated alkanes) is 2. The highest BCUT2D eigenvalue weighted by molar-refractivity contribution is 6.74. The van der Waals surface area contributed by atoms with E-state index >= 15 is 8.78 Å². The molecule has 5 rings (SSSR count). The zero-order valence-electron chi connectivity index (χ0n) is 31.4. The van der Waals surface area contributed by atoms with E-state index in [1.807, 2.05) is 0 Å². The molecule has 0 amide bonds. The Hall–Kier alpha value is -0.806. The van der Waals surface area contributed by atoms with Gasteiger partial charge in [-0.25, -0.2) is 8.78 Å². The van der Waals surface area contributed by atoms with E-state index in [2.05, 4.69) is 93.4 Å². The van der Waals surface area contributed by atoms with Crippen LogP contribution in [0.15, 0.2) is 11.8 Å². The lowest BCUT2D eigenvalue weighted by Crippen LogP contribution is -2.59. The summed E-state index contributed by atoms with van der Waals surface area (Å²) < 4.78 is 69.5. The molecule has 10 heteroatoms. The summed E-state index contributed by atoms with van der Waals surface area (Å²) in [6.45, 7) is 28.3. The maximum atomic E-state index is 16.1. The van der Waals surface area contributed by atoms with Crippen molar-refractivity contribution in [3.05, 3.63) is 11.8 Å². The van der Waals surface area contributed by atoms with E-state index < -0.39 is 40.4 Å². The smallest absolute Gasteiger partial charge is 0.286 e. The van der Waals surface area contributed by atoms with Gasteiger partial charge in [0.2, 0.25) is 0 Å². The summed E-state index contributed by atoms with van der Waals surface area (Å²) in [5.41, 5.74) is 0.525. The number of allylic oxidation sites excluding steroid dienone is 1. The van der Waals surface area contributed by atoms with Crippen LogP contribution in [-0.4, -0.2) is 67.2 Å². The van der Waals surface area contributed by atoms with E-state index in [4.69, 9.17) is 27.8 Å². The Balaban J connectivity index is 1.57. The molecule has 5 aliphatic rings. The van der Waals surface area contributed by atoms with Crippen LogP contribution in [0.1, 0.15) is 100 Å². The van der Waals surface area contributed by atoms with Crippen LogP contribution in [0.2, 0.25) is 36.3 Å². The number of halogens is 2. The Kier molecular flexibility index (Phi) is 11.7. The minimum absolute atomic E-state index is 0.0286. The molecule has 5 atom stereocenters. The van der Waals surface area contributed by atoms with Gasteiger partial charge in [-0.3, -0.25) is 0 Å². The number of hydrogen-bond acceptors (Lipinski definition) is 6. The number of fused-ring (bicyclic) bond motifs is 4. The lowest BCUT2D eigenvalue weighted by Gasteiger charge is -2.50. The molecule has 0 spiro atoms. The maximum absolute atomic E-state index is 16.1. The third kappa shape index (κ3) is 8.93. The van der Waals surface area contributed by atoms with Gasteiger partial charge in [0.05, 0.1) is 51.1 Å². The monoisotopic (exact) mass is 698 g/mol. The average Bonchev–Trinajstić information content (AvgIpc) is 3.42. The minimum atomic E-state index is -2.91. The SMILES string of the molecule is CCCCC[C@@H](C#C[C@H]1[C@H]2[C@H](C[C@H]1O[Si](C)(C)C(C)(C)C)C(=COCCC13OCC(C)(CO1)CO3)CC2(F)F)O[Si](C)(C)C(C)(C)C. The zero-order chi connectivity index (χ0) is 35.1. The lowest BCUT2D eigenvalue weighted by molar-refractivity contribution is -0.468. The van der Waals surface area contributed by atoms with Gasteiger partial charge < -0.3 is 27.8 Å². The van der Waals surface area contributed by atoms with Crippen molar-refractivity contribution in [2.45, 2.75) is 161 Å². The largest absolute Gasteiger partial charge is 0.501 e. The Morgan fingerprint density at radius 1 is 0.957 bits per heavy atom. The van der Waals surface area contributed by atoms with Crippen LogP contribution in [0.25, 0.3) is 0 Å². The summed E-state index contributed by atoms with van der Waals surface area (Å²) in [5, 5.41) is -0.0245. The molecule has 6 nitrogen and oxygen atoms in total. The fraction of sp³-hybridized carbons (Fsp3) is 0.892. The molecule has 47 heavy (non-hydrogen) atoms. The van der Waals surface area contributed by atoms with Gasteiger partial charge in [0, 0.05) is 17.8 Å². The first-order valence-electron chi connectivity index (χ1n) is 18.0. The van der Waals surface area contributed by atoms with Crippen LogP contribution in [-0.2, 0) is 27.8 Å². The van der Waals surface area contributed by atoms with E-state index in [0.29, 0.717) is 38.2 Å². The molecule has 3 aliphatic heterocycles. The average molecular weight is 699 g/mol. The molecule has 3 heterocycles. The summed E-state index contributed by atoms with van der Waals surface area (Å²) in [4.78, 5) is 0. The number of ether oxygens (including phenoxy) is 4. The molecule has 2 aliphatic carbocycles. The second kappa shape index (κ2) is 14.1. The number of hydrogen-bond donors (Lipinski definition) is 0. The topological polar surface area (TPSA) is 55.4 Å². The third-order valence-corrected chi connectivity index (χ3v) is 20.8. The van der Waals surface area contributed by atoms with Crippen LogP contribution in [0.5, 0.6) is 0 Å². The van der Waals surface area contributed by atoms with Crippen molar-refractivity contribution in [3.8, 4) is 11.8 Å². The Bertz CT molecular complexity index is 1150. The van der Waals surface area contributed by atoms with Crippen molar-refractivity contribution < 1.29 is 36.6 Å². The molecule has 270 valence electrons. The predicted octanol–water partition coefficient (Wildman–Crippen LogP) is 9.67. The van der Waals surface area contributed by atoms with E-state index in [1.165, 1.54) is 0 Å². The molecule has 2 bridgehead atoms. The Morgan fingerprint density at radius 2 is 1.55 bits per heavy atom. The lowest BCUT2D eigenvalue weighted by atomic mass is 9.89. The van der Waals surface area contributed by atoms with Gasteiger partial charge in [0.15, 0.2) is 16.6 Å². The molecule has 0 unspecified atom stereocenters. The number of alkyl halides is 2. The second-order valence-electron chi connectivity index (χ2n) is 18.1. The molecule has 3 saturated heterocycles. The molecule has 5 fully saturated rings. The quantitative estimate of drug-likeness (QED) is 0.0876. The molecule has 0 aromatic heterocycles. The fourth-order valence-electron chi connectivity index (χ4n) is 6.60. The molecule has 0 N–H and O–H groups in total. The second-order valence-corrected chi connectivity index (χ2v) is 27.6. The van der Waals surface area contributed by atoms with Gasteiger partial charge in [0.25, 0.3) is 11.9 Å². The van der Waals surface area contributed by atoms with E-state index in [1.54, 1.807) is 6.26 Å². The summed E-state index contributed by atoms with van der Waals surface area (Å²) >= 11 is 0. The standard InChI is InChI=1S/C37H64F2O6Si2/c1-13-14-15-16-28(44-46(9,10)33(2,3)4)17-18-29-31(45-47(11,12)34(5,6)7)21-30-27(22-36(38,39)32(29)30)23-40-20-19-37-41-24-35(8,25-42-37)26-43-37/h23,28-32H,13-16,19-22,24-26H2,1-12H3/t28-,29+,30+,31+,32-,35?,37?/m0/s1. The minimum Gasteiger partial charge on any atom is -0.501 e. The van der Waals surface area contributed by atoms with Crippen molar-refractivity contribution in [2.75, 3.05) is 26.4 Å². The maximum Gasteiger partial charge on any atom is 0.286 e. The summed E-state index contributed by atoms with van der Waals surface area (Å²) in [5.74, 6) is 1.00. The van der Waals surface area contributed by atoms with Gasteiger partial charge in [-0.1, -0.05) is 80.1 Å². The first kappa shape index (κ1) is 39.0. The predicted molar refractivity (Wildman–Crippen MR) is 188 cm³/mol. The Labute approximate surface area is 286 Å². The van der Waals surface area contributed by atoms with Gasteiger partial charge in [0.1, 0.15) is 6.10 Å². The van der Waals surface area contributed by atoms with Crippen LogP contribution < -0.4 is 0 Å². The summed E-state index contributed by atoms with van der Waals surface area (Å²) in [7, 11) is -4.39. The van der Waals surface area contributed by atoms with E-state index in [9.17, 15) is 0 Å². The highest BCUT2D eigenvalue weighted by Crippen LogP contribution is 2.59. The van der Waals surface area contributed by atoms with E-state index in [-0.39, 0.29) is 46.6 Å².